The number of rotatable bonds is 2. The van der Waals surface area contributed by atoms with Gasteiger partial charge in [0, 0.05) is 15.7 Å². The molecular formula is C17H22Br2O2. The number of hydrogen-bond donors (Lipinski definition) is 0. The largest absolute Gasteiger partial charge is 0.490 e. The van der Waals surface area contributed by atoms with Gasteiger partial charge in [-0.15, -0.1) is 0 Å². The van der Waals surface area contributed by atoms with Gasteiger partial charge < -0.3 is 9.47 Å². The van der Waals surface area contributed by atoms with Gasteiger partial charge in [-0.05, 0) is 42.4 Å². The minimum absolute atomic E-state index is 0.386. The molecule has 2 aliphatic rings. The summed E-state index contributed by atoms with van der Waals surface area (Å²) in [6.45, 7) is 3.84. The molecular weight excluding hydrogens is 396 g/mol. The molecule has 1 aromatic rings. The lowest BCUT2D eigenvalue weighted by atomic mass is 9.80. The van der Waals surface area contributed by atoms with Gasteiger partial charge >= 0.3 is 0 Å². The number of halogens is 2. The van der Waals surface area contributed by atoms with Gasteiger partial charge in [-0.3, -0.25) is 0 Å². The molecule has 1 atom stereocenters. The minimum Gasteiger partial charge on any atom is -0.490 e. The first kappa shape index (κ1) is 15.7. The molecule has 0 aromatic heterocycles. The van der Waals surface area contributed by atoms with Crippen molar-refractivity contribution >= 4 is 31.9 Å². The second-order valence-corrected chi connectivity index (χ2v) is 8.13. The zero-order valence-electron chi connectivity index (χ0n) is 12.4. The van der Waals surface area contributed by atoms with E-state index < -0.39 is 0 Å². The average Bonchev–Trinajstić information content (AvgIpc) is 2.71. The maximum atomic E-state index is 5.83. The Morgan fingerprint density at radius 2 is 1.67 bits per heavy atom. The monoisotopic (exact) mass is 416 g/mol. The second kappa shape index (κ2) is 6.91. The summed E-state index contributed by atoms with van der Waals surface area (Å²) >= 11 is 7.65. The predicted octanol–water partition coefficient (Wildman–Crippen LogP) is 5.87. The van der Waals surface area contributed by atoms with Crippen molar-refractivity contribution in [3.8, 4) is 11.5 Å². The number of alkyl halides is 1. The van der Waals surface area contributed by atoms with Crippen molar-refractivity contribution in [1.29, 1.82) is 0 Å². The van der Waals surface area contributed by atoms with Crippen molar-refractivity contribution in [2.75, 3.05) is 13.2 Å². The third-order valence-electron chi connectivity index (χ3n) is 4.64. The van der Waals surface area contributed by atoms with E-state index in [-0.39, 0.29) is 0 Å². The highest BCUT2D eigenvalue weighted by atomic mass is 79.9. The van der Waals surface area contributed by atoms with E-state index in [4.69, 9.17) is 9.47 Å². The standard InChI is InChI=1S/C17H22Br2O2/c1-11-3-5-12(6-4-11)17(19)13-9-15-16(10-14(13)18)21-8-2-7-20-15/h9-12,17H,2-8H2,1H3. The van der Waals surface area contributed by atoms with Gasteiger partial charge in [0.15, 0.2) is 11.5 Å². The van der Waals surface area contributed by atoms with E-state index in [0.717, 1.165) is 41.5 Å². The van der Waals surface area contributed by atoms with Crippen LogP contribution in [-0.4, -0.2) is 13.2 Å². The normalized spacial score (nSPS) is 27.0. The van der Waals surface area contributed by atoms with Crippen LogP contribution >= 0.6 is 31.9 Å². The molecule has 0 amide bonds. The quantitative estimate of drug-likeness (QED) is 0.560. The molecule has 1 aliphatic heterocycles. The molecule has 0 N–H and O–H groups in total. The molecule has 1 saturated carbocycles. The Morgan fingerprint density at radius 1 is 1.05 bits per heavy atom. The van der Waals surface area contributed by atoms with E-state index in [2.05, 4.69) is 50.9 Å². The van der Waals surface area contributed by atoms with Crippen LogP contribution in [0.25, 0.3) is 0 Å². The van der Waals surface area contributed by atoms with Crippen LogP contribution in [0.2, 0.25) is 0 Å². The Kier molecular flexibility index (Phi) is 5.15. The average molecular weight is 418 g/mol. The van der Waals surface area contributed by atoms with Crippen molar-refractivity contribution < 1.29 is 9.47 Å². The summed E-state index contributed by atoms with van der Waals surface area (Å²) in [4.78, 5) is 0.386. The lowest BCUT2D eigenvalue weighted by Crippen LogP contribution is -2.16. The summed E-state index contributed by atoms with van der Waals surface area (Å²) in [7, 11) is 0. The molecule has 21 heavy (non-hydrogen) atoms. The molecule has 4 heteroatoms. The molecule has 1 aliphatic carbocycles. The molecule has 116 valence electrons. The molecule has 1 fully saturated rings. The molecule has 0 saturated heterocycles. The highest BCUT2D eigenvalue weighted by Crippen LogP contribution is 2.46. The maximum absolute atomic E-state index is 5.83. The fourth-order valence-corrected chi connectivity index (χ4v) is 5.03. The van der Waals surface area contributed by atoms with Gasteiger partial charge in [0.1, 0.15) is 0 Å². The highest BCUT2D eigenvalue weighted by molar-refractivity contribution is 9.11. The minimum atomic E-state index is 0.386. The highest BCUT2D eigenvalue weighted by Gasteiger charge is 2.28. The second-order valence-electron chi connectivity index (χ2n) is 6.29. The molecule has 3 rings (SSSR count). The maximum Gasteiger partial charge on any atom is 0.162 e. The fraction of sp³-hybridized carbons (Fsp3) is 0.647. The molecule has 1 unspecified atom stereocenters. The molecule has 1 heterocycles. The van der Waals surface area contributed by atoms with Crippen LogP contribution in [0.4, 0.5) is 0 Å². The van der Waals surface area contributed by atoms with Crippen molar-refractivity contribution in [2.24, 2.45) is 11.8 Å². The summed E-state index contributed by atoms with van der Waals surface area (Å²) < 4.78 is 12.7. The zero-order chi connectivity index (χ0) is 14.8. The molecule has 0 radical (unpaired) electrons. The van der Waals surface area contributed by atoms with Crippen LogP contribution in [0, 0.1) is 11.8 Å². The van der Waals surface area contributed by atoms with Crippen LogP contribution in [0.1, 0.15) is 49.4 Å². The first-order valence-corrected chi connectivity index (χ1v) is 9.59. The van der Waals surface area contributed by atoms with Crippen molar-refractivity contribution in [2.45, 2.75) is 43.9 Å². The van der Waals surface area contributed by atoms with Crippen molar-refractivity contribution in [3.63, 3.8) is 0 Å². The van der Waals surface area contributed by atoms with E-state index in [1.807, 2.05) is 0 Å². The third-order valence-corrected chi connectivity index (χ3v) is 6.57. The third kappa shape index (κ3) is 3.58. The summed E-state index contributed by atoms with van der Waals surface area (Å²) in [6, 6.07) is 4.22. The lowest BCUT2D eigenvalue weighted by molar-refractivity contribution is 0.286. The summed E-state index contributed by atoms with van der Waals surface area (Å²) in [6.07, 6.45) is 6.24. The molecule has 1 aromatic carbocycles. The van der Waals surface area contributed by atoms with Crippen LogP contribution in [-0.2, 0) is 0 Å². The summed E-state index contributed by atoms with van der Waals surface area (Å²) in [5.74, 6) is 3.34. The topological polar surface area (TPSA) is 18.5 Å². The number of hydrogen-bond acceptors (Lipinski definition) is 2. The molecule has 0 spiro atoms. The van der Waals surface area contributed by atoms with Crippen LogP contribution in [0.5, 0.6) is 11.5 Å². The number of benzene rings is 1. The Bertz CT molecular complexity index is 496. The van der Waals surface area contributed by atoms with Gasteiger partial charge in [-0.2, -0.15) is 0 Å². The molecule has 2 nitrogen and oxygen atoms in total. The Balaban J connectivity index is 1.82. The fourth-order valence-electron chi connectivity index (χ4n) is 3.24. The van der Waals surface area contributed by atoms with E-state index >= 15 is 0 Å². The first-order valence-electron chi connectivity index (χ1n) is 7.88. The van der Waals surface area contributed by atoms with Gasteiger partial charge in [-0.1, -0.05) is 51.6 Å². The zero-order valence-corrected chi connectivity index (χ0v) is 15.6. The first-order chi connectivity index (χ1) is 10.1. The SMILES string of the molecule is CC1CCC(C(Br)c2cc3c(cc2Br)OCCCO3)CC1. The van der Waals surface area contributed by atoms with E-state index in [1.165, 1.54) is 31.2 Å². The lowest BCUT2D eigenvalue weighted by Gasteiger charge is -2.30. The Morgan fingerprint density at radius 3 is 2.33 bits per heavy atom. The Hall–Kier alpha value is -0.220. The van der Waals surface area contributed by atoms with E-state index in [9.17, 15) is 0 Å². The van der Waals surface area contributed by atoms with Gasteiger partial charge in [0.2, 0.25) is 0 Å². The van der Waals surface area contributed by atoms with E-state index in [0.29, 0.717) is 10.7 Å². The summed E-state index contributed by atoms with van der Waals surface area (Å²) in [5, 5.41) is 0. The van der Waals surface area contributed by atoms with Crippen LogP contribution in [0.15, 0.2) is 16.6 Å². The van der Waals surface area contributed by atoms with E-state index in [1.54, 1.807) is 0 Å². The Labute approximate surface area is 143 Å². The van der Waals surface area contributed by atoms with Gasteiger partial charge in [-0.25, -0.2) is 0 Å². The predicted molar refractivity (Wildman–Crippen MR) is 92.5 cm³/mol. The number of ether oxygens (including phenoxy) is 2. The van der Waals surface area contributed by atoms with Crippen molar-refractivity contribution in [1.82, 2.24) is 0 Å². The molecule has 0 bridgehead atoms. The van der Waals surface area contributed by atoms with Crippen LogP contribution < -0.4 is 9.47 Å². The van der Waals surface area contributed by atoms with Crippen molar-refractivity contribution in [3.05, 3.63) is 22.2 Å². The van der Waals surface area contributed by atoms with Gasteiger partial charge in [0.05, 0.1) is 13.2 Å². The smallest absolute Gasteiger partial charge is 0.162 e. The van der Waals surface area contributed by atoms with Gasteiger partial charge in [0.25, 0.3) is 0 Å². The summed E-state index contributed by atoms with van der Waals surface area (Å²) in [5.41, 5.74) is 1.29. The van der Waals surface area contributed by atoms with Crippen LogP contribution in [0.3, 0.4) is 0 Å². The number of fused-ring (bicyclic) bond motifs is 1.